The summed E-state index contributed by atoms with van der Waals surface area (Å²) in [6.07, 6.45) is 5.54. The summed E-state index contributed by atoms with van der Waals surface area (Å²) in [6, 6.07) is 3.54. The Morgan fingerprint density at radius 3 is 2.43 bits per heavy atom. The Labute approximate surface area is 127 Å². The summed E-state index contributed by atoms with van der Waals surface area (Å²) in [7, 11) is 2.07. The normalized spacial score (nSPS) is 11.3. The summed E-state index contributed by atoms with van der Waals surface area (Å²) in [5, 5.41) is 12.3. The maximum Gasteiger partial charge on any atom is 0.326 e. The molecule has 1 aromatic rings. The Hall–Kier alpha value is -1.84. The zero-order chi connectivity index (χ0) is 16.2. The molecule has 21 heavy (non-hydrogen) atoms. The molecule has 0 N–H and O–H groups in total. The first-order valence-electron chi connectivity index (χ1n) is 6.74. The van der Waals surface area contributed by atoms with Crippen molar-refractivity contribution < 1.29 is 9.66 Å². The molecule has 6 heteroatoms. The molecule has 0 aromatic heterocycles. The fourth-order valence-corrected chi connectivity index (χ4v) is 3.50. The molecule has 0 amide bonds. The molecule has 5 nitrogen and oxygen atoms in total. The van der Waals surface area contributed by atoms with E-state index in [1.54, 1.807) is 6.07 Å². The Balaban J connectivity index is 3.29. The lowest BCUT2D eigenvalue weighted by atomic mass is 10.1. The second-order valence-corrected chi connectivity index (χ2v) is 11.2. The molecule has 1 aromatic carbocycles. The maximum atomic E-state index is 11.4. The molecule has 0 aliphatic rings. The highest BCUT2D eigenvalue weighted by atomic mass is 28.3. The van der Waals surface area contributed by atoms with E-state index in [0.717, 1.165) is 5.19 Å². The predicted molar refractivity (Wildman–Crippen MR) is 88.1 cm³/mol. The van der Waals surface area contributed by atoms with Gasteiger partial charge in [0.25, 0.3) is 0 Å². The Kier molecular flexibility index (Phi) is 5.52. The second-order valence-electron chi connectivity index (χ2n) is 6.14. The van der Waals surface area contributed by atoms with Gasteiger partial charge in [-0.25, -0.2) is 0 Å². The van der Waals surface area contributed by atoms with Crippen LogP contribution < -0.4 is 9.92 Å². The van der Waals surface area contributed by atoms with E-state index in [4.69, 9.17) is 11.2 Å². The standard InChI is InChI=1S/C15H22N2O3Si/c1-7-12-14(21(4,5)6)9-8-13(15(12)17(18)19)20-11-10-16(2)3/h1,8-9H,10-11H2,2-6H3. The third-order valence-corrected chi connectivity index (χ3v) is 5.10. The summed E-state index contributed by atoms with van der Waals surface area (Å²) in [5.74, 6) is 2.74. The van der Waals surface area contributed by atoms with Crippen molar-refractivity contribution in [2.75, 3.05) is 27.2 Å². The Morgan fingerprint density at radius 1 is 1.38 bits per heavy atom. The predicted octanol–water partition coefficient (Wildman–Crippen LogP) is 2.06. The summed E-state index contributed by atoms with van der Waals surface area (Å²) in [6.45, 7) is 7.39. The molecule has 0 spiro atoms. The lowest BCUT2D eigenvalue weighted by Gasteiger charge is -2.20. The van der Waals surface area contributed by atoms with E-state index in [9.17, 15) is 10.1 Å². The van der Waals surface area contributed by atoms with Crippen LogP contribution in [0.15, 0.2) is 12.1 Å². The van der Waals surface area contributed by atoms with Gasteiger partial charge in [-0.05, 0) is 25.3 Å². The van der Waals surface area contributed by atoms with Crippen LogP contribution in [0.3, 0.4) is 0 Å². The molecule has 0 unspecified atom stereocenters. The van der Waals surface area contributed by atoms with Crippen molar-refractivity contribution in [3.05, 3.63) is 27.8 Å². The minimum atomic E-state index is -1.76. The largest absolute Gasteiger partial charge is 0.485 e. The van der Waals surface area contributed by atoms with Crippen molar-refractivity contribution >= 4 is 18.9 Å². The van der Waals surface area contributed by atoms with Crippen LogP contribution in [0.2, 0.25) is 19.6 Å². The van der Waals surface area contributed by atoms with Crippen LogP contribution in [0.25, 0.3) is 0 Å². The quantitative estimate of drug-likeness (QED) is 0.349. The molecule has 0 aliphatic carbocycles. The molecule has 0 bridgehead atoms. The van der Waals surface area contributed by atoms with Crippen LogP contribution in [-0.2, 0) is 0 Å². The topological polar surface area (TPSA) is 55.6 Å². The number of ether oxygens (including phenoxy) is 1. The number of terminal acetylenes is 1. The van der Waals surface area contributed by atoms with Crippen LogP contribution in [-0.4, -0.2) is 45.1 Å². The number of nitro groups is 1. The lowest BCUT2D eigenvalue weighted by molar-refractivity contribution is -0.386. The van der Waals surface area contributed by atoms with Gasteiger partial charge in [0, 0.05) is 6.54 Å². The molecule has 114 valence electrons. The maximum absolute atomic E-state index is 11.4. The van der Waals surface area contributed by atoms with Gasteiger partial charge in [0.15, 0.2) is 5.75 Å². The number of nitro benzene ring substituents is 1. The molecule has 0 aliphatic heterocycles. The van der Waals surface area contributed by atoms with Crippen LogP contribution >= 0.6 is 0 Å². The molecular formula is C15H22N2O3Si. The highest BCUT2D eigenvalue weighted by molar-refractivity contribution is 6.89. The van der Waals surface area contributed by atoms with Gasteiger partial charge in [0.05, 0.1) is 13.0 Å². The number of benzene rings is 1. The van der Waals surface area contributed by atoms with Crippen LogP contribution in [0.4, 0.5) is 5.69 Å². The van der Waals surface area contributed by atoms with E-state index in [-0.39, 0.29) is 11.4 Å². The van der Waals surface area contributed by atoms with Gasteiger partial charge >= 0.3 is 5.69 Å². The number of nitrogens with zero attached hydrogens (tertiary/aromatic N) is 2. The van der Waals surface area contributed by atoms with Gasteiger partial charge in [-0.3, -0.25) is 10.1 Å². The van der Waals surface area contributed by atoms with E-state index in [1.807, 2.05) is 25.1 Å². The zero-order valence-corrected chi connectivity index (χ0v) is 14.3. The lowest BCUT2D eigenvalue weighted by Crippen LogP contribution is -2.40. The molecule has 0 saturated carbocycles. The first kappa shape index (κ1) is 17.2. The van der Waals surface area contributed by atoms with Crippen molar-refractivity contribution in [1.29, 1.82) is 0 Å². The molecule has 0 saturated heterocycles. The highest BCUT2D eigenvalue weighted by Crippen LogP contribution is 2.30. The fourth-order valence-electron chi connectivity index (χ4n) is 1.98. The Morgan fingerprint density at radius 2 is 2.00 bits per heavy atom. The molecule has 0 heterocycles. The van der Waals surface area contributed by atoms with Crippen molar-refractivity contribution in [2.24, 2.45) is 0 Å². The van der Waals surface area contributed by atoms with Gasteiger partial charge < -0.3 is 9.64 Å². The van der Waals surface area contributed by atoms with Gasteiger partial charge in [-0.1, -0.05) is 31.6 Å². The van der Waals surface area contributed by atoms with Crippen LogP contribution in [0.5, 0.6) is 5.75 Å². The third kappa shape index (κ3) is 4.31. The number of hydrogen-bond donors (Lipinski definition) is 0. The second kappa shape index (κ2) is 6.74. The van der Waals surface area contributed by atoms with Crippen LogP contribution in [0.1, 0.15) is 5.56 Å². The van der Waals surface area contributed by atoms with E-state index in [0.29, 0.717) is 18.7 Å². The van der Waals surface area contributed by atoms with Gasteiger partial charge in [-0.2, -0.15) is 0 Å². The van der Waals surface area contributed by atoms with Crippen molar-refractivity contribution in [1.82, 2.24) is 4.90 Å². The van der Waals surface area contributed by atoms with Gasteiger partial charge in [0.1, 0.15) is 12.2 Å². The average molecular weight is 306 g/mol. The van der Waals surface area contributed by atoms with E-state index < -0.39 is 13.0 Å². The molecule has 0 atom stereocenters. The van der Waals surface area contributed by atoms with Gasteiger partial charge in [-0.15, -0.1) is 6.42 Å². The Bertz CT molecular complexity index is 572. The summed E-state index contributed by atoms with van der Waals surface area (Å²) >= 11 is 0. The summed E-state index contributed by atoms with van der Waals surface area (Å²) in [5.41, 5.74) is 0.276. The SMILES string of the molecule is C#Cc1c([Si](C)(C)C)ccc(OCCN(C)C)c1[N+](=O)[O-]. The number of likely N-dealkylation sites (N-methyl/N-ethyl adjacent to an activating group) is 1. The number of hydrogen-bond acceptors (Lipinski definition) is 4. The van der Waals surface area contributed by atoms with Crippen LogP contribution in [0, 0.1) is 22.5 Å². The average Bonchev–Trinajstić information content (AvgIpc) is 2.35. The number of rotatable bonds is 6. The molecule has 1 rings (SSSR count). The fraction of sp³-hybridized carbons (Fsp3) is 0.467. The third-order valence-electron chi connectivity index (χ3n) is 3.07. The summed E-state index contributed by atoms with van der Waals surface area (Å²) < 4.78 is 5.56. The van der Waals surface area contributed by atoms with Crippen molar-refractivity contribution in [2.45, 2.75) is 19.6 Å². The van der Waals surface area contributed by atoms with E-state index >= 15 is 0 Å². The highest BCUT2D eigenvalue weighted by Gasteiger charge is 2.29. The first-order chi connectivity index (χ1) is 9.68. The summed E-state index contributed by atoms with van der Waals surface area (Å²) in [4.78, 5) is 12.9. The minimum absolute atomic E-state index is 0.0869. The minimum Gasteiger partial charge on any atom is -0.485 e. The van der Waals surface area contributed by atoms with Crippen molar-refractivity contribution in [3.8, 4) is 18.1 Å². The smallest absolute Gasteiger partial charge is 0.326 e. The molecule has 0 fully saturated rings. The van der Waals surface area contributed by atoms with Gasteiger partial charge in [0.2, 0.25) is 0 Å². The monoisotopic (exact) mass is 306 g/mol. The van der Waals surface area contributed by atoms with E-state index in [1.165, 1.54) is 0 Å². The van der Waals surface area contributed by atoms with E-state index in [2.05, 4.69) is 25.6 Å². The molecule has 0 radical (unpaired) electrons. The molecular weight excluding hydrogens is 284 g/mol. The zero-order valence-electron chi connectivity index (χ0n) is 13.3. The van der Waals surface area contributed by atoms with Crippen molar-refractivity contribution in [3.63, 3.8) is 0 Å². The first-order valence-corrected chi connectivity index (χ1v) is 10.2.